The number of carbonyl (C=O) groups is 1. The molecule has 5 nitrogen and oxygen atoms in total. The maximum atomic E-state index is 13.5. The van der Waals surface area contributed by atoms with Crippen molar-refractivity contribution in [1.82, 2.24) is 10.2 Å². The molecule has 0 aliphatic carbocycles. The Balaban J connectivity index is 1.88. The van der Waals surface area contributed by atoms with Crippen LogP contribution in [0.1, 0.15) is 11.6 Å². The van der Waals surface area contributed by atoms with Gasteiger partial charge in [-0.05, 0) is 43.9 Å². The first kappa shape index (κ1) is 18.9. The number of methoxy groups -OCH3 is 1. The van der Waals surface area contributed by atoms with Crippen LogP contribution >= 0.6 is 0 Å². The molecular weight excluding hydrogens is 321 g/mol. The Bertz CT molecular complexity index is 689. The van der Waals surface area contributed by atoms with Crippen LogP contribution in [0.5, 0.6) is 5.75 Å². The Morgan fingerprint density at radius 2 is 1.84 bits per heavy atom. The number of nitrogens with one attached hydrogen (secondary N) is 2. The molecule has 2 aromatic rings. The predicted octanol–water partition coefficient (Wildman–Crippen LogP) is 2.67. The number of amides is 1. The first-order chi connectivity index (χ1) is 12.0. The minimum absolute atomic E-state index is 0.104. The van der Waals surface area contributed by atoms with Crippen LogP contribution < -0.4 is 15.4 Å². The second-order valence-corrected chi connectivity index (χ2v) is 5.91. The summed E-state index contributed by atoms with van der Waals surface area (Å²) in [6, 6.07) is 14.1. The quantitative estimate of drug-likeness (QED) is 0.772. The summed E-state index contributed by atoms with van der Waals surface area (Å²) in [6.07, 6.45) is 0. The van der Waals surface area contributed by atoms with Crippen LogP contribution in [0.15, 0.2) is 48.5 Å². The average Bonchev–Trinajstić information content (AvgIpc) is 2.60. The van der Waals surface area contributed by atoms with E-state index in [0.717, 1.165) is 11.3 Å². The van der Waals surface area contributed by atoms with E-state index in [2.05, 4.69) is 15.5 Å². The topological polar surface area (TPSA) is 53.6 Å². The second kappa shape index (κ2) is 9.15. The molecule has 0 aliphatic rings. The smallest absolute Gasteiger partial charge is 0.238 e. The van der Waals surface area contributed by atoms with Crippen molar-refractivity contribution in [1.29, 1.82) is 0 Å². The van der Waals surface area contributed by atoms with Crippen molar-refractivity contribution in [2.75, 3.05) is 39.6 Å². The lowest BCUT2D eigenvalue weighted by Gasteiger charge is -2.25. The van der Waals surface area contributed by atoms with Gasteiger partial charge in [-0.3, -0.25) is 4.79 Å². The Kier molecular flexibility index (Phi) is 6.91. The van der Waals surface area contributed by atoms with Gasteiger partial charge in [-0.15, -0.1) is 0 Å². The molecule has 2 rings (SSSR count). The molecule has 134 valence electrons. The number of hydrogen-bond donors (Lipinski definition) is 2. The van der Waals surface area contributed by atoms with Crippen LogP contribution in [0.3, 0.4) is 0 Å². The van der Waals surface area contributed by atoms with E-state index in [9.17, 15) is 9.18 Å². The monoisotopic (exact) mass is 345 g/mol. The van der Waals surface area contributed by atoms with Crippen molar-refractivity contribution in [2.24, 2.45) is 0 Å². The lowest BCUT2D eigenvalue weighted by atomic mass is 10.1. The van der Waals surface area contributed by atoms with E-state index in [1.165, 1.54) is 12.1 Å². The molecule has 25 heavy (non-hydrogen) atoms. The predicted molar refractivity (Wildman–Crippen MR) is 97.3 cm³/mol. The Morgan fingerprint density at radius 3 is 2.44 bits per heavy atom. The number of ether oxygens (including phenoxy) is 1. The first-order valence-corrected chi connectivity index (χ1v) is 8.06. The summed E-state index contributed by atoms with van der Waals surface area (Å²) in [5, 5.41) is 5.69. The fourth-order valence-electron chi connectivity index (χ4n) is 2.50. The molecule has 0 spiro atoms. The van der Waals surface area contributed by atoms with E-state index in [-0.39, 0.29) is 24.2 Å². The lowest BCUT2D eigenvalue weighted by molar-refractivity contribution is -0.115. The summed E-state index contributed by atoms with van der Waals surface area (Å²) < 4.78 is 18.7. The van der Waals surface area contributed by atoms with Crippen LogP contribution in [-0.4, -0.2) is 45.1 Å². The molecule has 0 saturated heterocycles. The van der Waals surface area contributed by atoms with Crippen LogP contribution in [0.4, 0.5) is 10.1 Å². The van der Waals surface area contributed by atoms with Crippen molar-refractivity contribution in [2.45, 2.75) is 6.04 Å². The van der Waals surface area contributed by atoms with Crippen LogP contribution in [-0.2, 0) is 4.79 Å². The zero-order valence-electron chi connectivity index (χ0n) is 14.8. The molecule has 0 bridgehead atoms. The van der Waals surface area contributed by atoms with E-state index >= 15 is 0 Å². The normalized spacial score (nSPS) is 12.0. The van der Waals surface area contributed by atoms with Gasteiger partial charge in [0.15, 0.2) is 0 Å². The minimum atomic E-state index is -0.444. The van der Waals surface area contributed by atoms with Crippen molar-refractivity contribution < 1.29 is 13.9 Å². The van der Waals surface area contributed by atoms with Crippen LogP contribution in [0.2, 0.25) is 0 Å². The van der Waals surface area contributed by atoms with Gasteiger partial charge in [0.05, 0.1) is 19.3 Å². The number of carbonyl (C=O) groups excluding carboxylic acids is 1. The van der Waals surface area contributed by atoms with E-state index in [1.807, 2.05) is 38.4 Å². The summed E-state index contributed by atoms with van der Waals surface area (Å²) >= 11 is 0. The standard InChI is InChI=1S/C19H24FN3O2/c1-23(2)18(14-8-10-15(25-3)11-9-14)12-21-13-19(24)22-17-7-5-4-6-16(17)20/h4-11,18,21H,12-13H2,1-3H3,(H,22,24)/t18-/m0/s1. The maximum absolute atomic E-state index is 13.5. The molecule has 0 unspecified atom stereocenters. The van der Waals surface area contributed by atoms with Crippen molar-refractivity contribution >= 4 is 11.6 Å². The highest BCUT2D eigenvalue weighted by atomic mass is 19.1. The summed E-state index contributed by atoms with van der Waals surface area (Å²) in [4.78, 5) is 14.0. The first-order valence-electron chi connectivity index (χ1n) is 8.06. The summed E-state index contributed by atoms with van der Waals surface area (Å²) in [6.45, 7) is 0.693. The van der Waals surface area contributed by atoms with Gasteiger partial charge >= 0.3 is 0 Å². The summed E-state index contributed by atoms with van der Waals surface area (Å²) in [5.41, 5.74) is 1.31. The highest BCUT2D eigenvalue weighted by molar-refractivity contribution is 5.92. The maximum Gasteiger partial charge on any atom is 0.238 e. The SMILES string of the molecule is COc1ccc([C@H](CNCC(=O)Nc2ccccc2F)N(C)C)cc1. The van der Waals surface area contributed by atoms with Gasteiger partial charge in [-0.2, -0.15) is 0 Å². The van der Waals surface area contributed by atoms with Crippen molar-refractivity contribution in [3.8, 4) is 5.75 Å². The van der Waals surface area contributed by atoms with Gasteiger partial charge < -0.3 is 20.3 Å². The molecule has 6 heteroatoms. The third kappa shape index (κ3) is 5.55. The van der Waals surface area contributed by atoms with Crippen molar-refractivity contribution in [3.05, 3.63) is 59.9 Å². The van der Waals surface area contributed by atoms with Crippen molar-refractivity contribution in [3.63, 3.8) is 0 Å². The molecule has 2 aromatic carbocycles. The van der Waals surface area contributed by atoms with E-state index in [1.54, 1.807) is 19.2 Å². The minimum Gasteiger partial charge on any atom is -0.497 e. The Labute approximate surface area is 147 Å². The van der Waals surface area contributed by atoms with Gasteiger partial charge in [-0.25, -0.2) is 4.39 Å². The number of nitrogens with zero attached hydrogens (tertiary/aromatic N) is 1. The molecule has 0 aliphatic heterocycles. The Morgan fingerprint density at radius 1 is 1.16 bits per heavy atom. The Hall–Kier alpha value is -2.44. The number of para-hydroxylation sites is 1. The van der Waals surface area contributed by atoms with E-state index in [0.29, 0.717) is 6.54 Å². The number of rotatable bonds is 8. The highest BCUT2D eigenvalue weighted by Crippen LogP contribution is 2.20. The zero-order chi connectivity index (χ0) is 18.2. The summed E-state index contributed by atoms with van der Waals surface area (Å²) in [7, 11) is 5.60. The second-order valence-electron chi connectivity index (χ2n) is 5.91. The third-order valence-electron chi connectivity index (χ3n) is 3.90. The molecule has 0 aromatic heterocycles. The number of benzene rings is 2. The lowest BCUT2D eigenvalue weighted by Crippen LogP contribution is -2.35. The van der Waals surface area contributed by atoms with Crippen LogP contribution in [0, 0.1) is 5.82 Å². The van der Waals surface area contributed by atoms with Gasteiger partial charge in [0.2, 0.25) is 5.91 Å². The van der Waals surface area contributed by atoms with Gasteiger partial charge in [0, 0.05) is 12.6 Å². The van der Waals surface area contributed by atoms with Gasteiger partial charge in [-0.1, -0.05) is 24.3 Å². The number of likely N-dealkylation sites (N-methyl/N-ethyl adjacent to an activating group) is 1. The highest BCUT2D eigenvalue weighted by Gasteiger charge is 2.15. The van der Waals surface area contributed by atoms with Gasteiger partial charge in [0.1, 0.15) is 11.6 Å². The number of anilines is 1. The molecule has 2 N–H and O–H groups in total. The van der Waals surface area contributed by atoms with E-state index in [4.69, 9.17) is 4.74 Å². The molecule has 0 heterocycles. The fraction of sp³-hybridized carbons (Fsp3) is 0.316. The molecule has 1 atom stereocenters. The largest absolute Gasteiger partial charge is 0.497 e. The third-order valence-corrected chi connectivity index (χ3v) is 3.90. The molecular formula is C19H24FN3O2. The molecule has 0 fully saturated rings. The molecule has 0 saturated carbocycles. The van der Waals surface area contributed by atoms with Gasteiger partial charge in [0.25, 0.3) is 0 Å². The molecule has 1 amide bonds. The zero-order valence-corrected chi connectivity index (χ0v) is 14.8. The number of halogens is 1. The fourth-order valence-corrected chi connectivity index (χ4v) is 2.50. The average molecular weight is 345 g/mol. The molecule has 0 radical (unpaired) electrons. The summed E-state index contributed by atoms with van der Waals surface area (Å²) in [5.74, 6) is 0.0797. The van der Waals surface area contributed by atoms with E-state index < -0.39 is 5.82 Å². The van der Waals surface area contributed by atoms with Crippen LogP contribution in [0.25, 0.3) is 0 Å². The number of hydrogen-bond acceptors (Lipinski definition) is 4.